The molecule has 2 aromatic heterocycles. The van der Waals surface area contributed by atoms with Gasteiger partial charge in [0.1, 0.15) is 11.8 Å². The zero-order valence-corrected chi connectivity index (χ0v) is 16.2. The monoisotopic (exact) mass is 428 g/mol. The van der Waals surface area contributed by atoms with E-state index in [4.69, 9.17) is 33.2 Å². The van der Waals surface area contributed by atoms with Crippen molar-refractivity contribution in [3.8, 4) is 23.3 Å². The van der Waals surface area contributed by atoms with Gasteiger partial charge in [-0.05, 0) is 37.3 Å². The Morgan fingerprint density at radius 1 is 1.17 bits per heavy atom. The number of aromatic amines is 2. The molecule has 2 N–H and O–H groups in total. The van der Waals surface area contributed by atoms with Gasteiger partial charge in [0.25, 0.3) is 5.56 Å². The van der Waals surface area contributed by atoms with E-state index in [1.54, 1.807) is 18.2 Å². The first-order chi connectivity index (χ1) is 13.9. The second-order valence-electron chi connectivity index (χ2n) is 5.99. The minimum absolute atomic E-state index is 0.106. The number of hydrogen-bond donors (Lipinski definition) is 2. The Bertz CT molecular complexity index is 1410. The maximum Gasteiger partial charge on any atom is 0.349 e. The molecule has 0 unspecified atom stereocenters. The lowest BCUT2D eigenvalue weighted by atomic mass is 10.2. The van der Waals surface area contributed by atoms with E-state index in [9.17, 15) is 9.59 Å². The maximum absolute atomic E-state index is 12.0. The number of fused-ring (bicyclic) bond motifs is 1. The summed E-state index contributed by atoms with van der Waals surface area (Å²) < 4.78 is 6.66. The zero-order chi connectivity index (χ0) is 20.7. The van der Waals surface area contributed by atoms with Crippen LogP contribution in [0.3, 0.4) is 0 Å². The van der Waals surface area contributed by atoms with Crippen LogP contribution in [0.15, 0.2) is 39.9 Å². The minimum Gasteiger partial charge on any atom is -0.454 e. The van der Waals surface area contributed by atoms with Crippen molar-refractivity contribution in [3.05, 3.63) is 72.6 Å². The smallest absolute Gasteiger partial charge is 0.349 e. The SMILES string of the molecule is Cc1n[nH]c2ccc(Oc3c(Cl)cc(-n4nc(C#N)c(=O)[nH]c4=O)cc3Cl)cc12. The van der Waals surface area contributed by atoms with Crippen molar-refractivity contribution in [2.45, 2.75) is 6.92 Å². The summed E-state index contributed by atoms with van der Waals surface area (Å²) in [7, 11) is 0. The second-order valence-corrected chi connectivity index (χ2v) is 6.80. The van der Waals surface area contributed by atoms with E-state index in [-0.39, 0.29) is 21.5 Å². The van der Waals surface area contributed by atoms with E-state index in [2.05, 4.69) is 15.3 Å². The predicted octanol–water partition coefficient (Wildman–Crippen LogP) is 3.08. The van der Waals surface area contributed by atoms with Crippen LogP contribution in [-0.4, -0.2) is 25.0 Å². The van der Waals surface area contributed by atoms with Crippen molar-refractivity contribution >= 4 is 34.1 Å². The third-order valence-corrected chi connectivity index (χ3v) is 4.67. The van der Waals surface area contributed by atoms with Gasteiger partial charge in [-0.15, -0.1) is 5.10 Å². The first-order valence-electron chi connectivity index (χ1n) is 8.13. The van der Waals surface area contributed by atoms with Gasteiger partial charge in [-0.2, -0.15) is 15.0 Å². The Labute approximate surface area is 172 Å². The van der Waals surface area contributed by atoms with Crippen molar-refractivity contribution in [2.24, 2.45) is 0 Å². The molecule has 0 aliphatic carbocycles. The lowest BCUT2D eigenvalue weighted by molar-refractivity contribution is 0.483. The molecule has 2 heterocycles. The van der Waals surface area contributed by atoms with Crippen LogP contribution in [0.5, 0.6) is 11.5 Å². The molecule has 2 aromatic carbocycles. The number of halogens is 2. The summed E-state index contributed by atoms with van der Waals surface area (Å²) in [5.41, 5.74) is -0.354. The van der Waals surface area contributed by atoms with Crippen LogP contribution in [0, 0.1) is 18.3 Å². The van der Waals surface area contributed by atoms with Gasteiger partial charge in [0, 0.05) is 5.39 Å². The fourth-order valence-corrected chi connectivity index (χ4v) is 3.27. The van der Waals surface area contributed by atoms with Crippen LogP contribution in [0.4, 0.5) is 0 Å². The number of hydrogen-bond acceptors (Lipinski definition) is 6. The third kappa shape index (κ3) is 3.35. The average Bonchev–Trinajstić information content (AvgIpc) is 3.05. The molecular weight excluding hydrogens is 419 g/mol. The molecule has 0 amide bonds. The van der Waals surface area contributed by atoms with Crippen LogP contribution in [0.1, 0.15) is 11.4 Å². The molecule has 144 valence electrons. The highest BCUT2D eigenvalue weighted by atomic mass is 35.5. The molecule has 0 radical (unpaired) electrons. The van der Waals surface area contributed by atoms with E-state index in [1.165, 1.54) is 12.1 Å². The molecule has 4 aromatic rings. The first-order valence-corrected chi connectivity index (χ1v) is 8.88. The molecule has 0 spiro atoms. The van der Waals surface area contributed by atoms with Crippen molar-refractivity contribution in [3.63, 3.8) is 0 Å². The number of aromatic nitrogens is 5. The summed E-state index contributed by atoms with van der Waals surface area (Å²) in [6.07, 6.45) is 0. The fraction of sp³-hybridized carbons (Fsp3) is 0.0556. The van der Waals surface area contributed by atoms with Crippen LogP contribution < -0.4 is 16.0 Å². The Balaban J connectivity index is 1.76. The number of aryl methyl sites for hydroxylation is 1. The molecule has 11 heteroatoms. The third-order valence-electron chi connectivity index (χ3n) is 4.11. The second kappa shape index (κ2) is 7.09. The summed E-state index contributed by atoms with van der Waals surface area (Å²) in [5, 5.41) is 20.8. The van der Waals surface area contributed by atoms with Gasteiger partial charge in [-0.25, -0.2) is 4.79 Å². The summed E-state index contributed by atoms with van der Waals surface area (Å²) in [4.78, 5) is 25.6. The number of nitriles is 1. The van der Waals surface area contributed by atoms with E-state index < -0.39 is 16.9 Å². The lowest BCUT2D eigenvalue weighted by Gasteiger charge is -2.12. The molecule has 0 saturated carbocycles. The molecule has 0 atom stereocenters. The van der Waals surface area contributed by atoms with E-state index >= 15 is 0 Å². The molecule has 9 nitrogen and oxygen atoms in total. The van der Waals surface area contributed by atoms with Crippen molar-refractivity contribution in [1.82, 2.24) is 25.0 Å². The predicted molar refractivity (Wildman–Crippen MR) is 106 cm³/mol. The lowest BCUT2D eigenvalue weighted by Crippen LogP contribution is -2.33. The van der Waals surface area contributed by atoms with E-state index in [0.29, 0.717) is 5.75 Å². The molecular formula is C18H10Cl2N6O3. The highest BCUT2D eigenvalue weighted by Crippen LogP contribution is 2.38. The number of H-pyrrole nitrogens is 2. The quantitative estimate of drug-likeness (QED) is 0.515. The molecule has 0 fully saturated rings. The van der Waals surface area contributed by atoms with Gasteiger partial charge in [-0.1, -0.05) is 23.2 Å². The molecule has 0 saturated heterocycles. The van der Waals surface area contributed by atoms with Gasteiger partial charge >= 0.3 is 5.69 Å². The zero-order valence-electron chi connectivity index (χ0n) is 14.7. The van der Waals surface area contributed by atoms with Gasteiger partial charge in [0.05, 0.1) is 26.9 Å². The number of nitrogens with zero attached hydrogens (tertiary/aromatic N) is 4. The fourth-order valence-electron chi connectivity index (χ4n) is 2.72. The van der Waals surface area contributed by atoms with Gasteiger partial charge < -0.3 is 4.74 Å². The van der Waals surface area contributed by atoms with Gasteiger partial charge in [0.15, 0.2) is 5.75 Å². The van der Waals surface area contributed by atoms with Crippen molar-refractivity contribution in [2.75, 3.05) is 0 Å². The molecule has 0 aliphatic heterocycles. The summed E-state index contributed by atoms with van der Waals surface area (Å²) in [5.74, 6) is 0.667. The van der Waals surface area contributed by atoms with Crippen molar-refractivity contribution in [1.29, 1.82) is 5.26 Å². The topological polar surface area (TPSA) is 129 Å². The number of nitrogens with one attached hydrogen (secondary N) is 2. The Morgan fingerprint density at radius 2 is 1.90 bits per heavy atom. The van der Waals surface area contributed by atoms with Crippen molar-refractivity contribution < 1.29 is 4.74 Å². The number of benzene rings is 2. The first kappa shape index (κ1) is 18.7. The van der Waals surface area contributed by atoms with Crippen LogP contribution in [0.25, 0.3) is 16.6 Å². The Hall–Kier alpha value is -3.61. The largest absolute Gasteiger partial charge is 0.454 e. The Kier molecular flexibility index (Phi) is 4.58. The normalized spacial score (nSPS) is 10.8. The molecule has 0 aliphatic rings. The van der Waals surface area contributed by atoms with Crippen LogP contribution in [-0.2, 0) is 0 Å². The van der Waals surface area contributed by atoms with E-state index in [0.717, 1.165) is 21.3 Å². The van der Waals surface area contributed by atoms with Crippen LogP contribution >= 0.6 is 23.2 Å². The Morgan fingerprint density at radius 3 is 2.59 bits per heavy atom. The summed E-state index contributed by atoms with van der Waals surface area (Å²) in [6, 6.07) is 9.72. The molecule has 4 rings (SSSR count). The minimum atomic E-state index is -0.879. The summed E-state index contributed by atoms with van der Waals surface area (Å²) in [6.45, 7) is 1.86. The summed E-state index contributed by atoms with van der Waals surface area (Å²) >= 11 is 12.6. The van der Waals surface area contributed by atoms with Crippen LogP contribution in [0.2, 0.25) is 10.0 Å². The van der Waals surface area contributed by atoms with E-state index in [1.807, 2.05) is 18.0 Å². The highest BCUT2D eigenvalue weighted by molar-refractivity contribution is 6.37. The standard InChI is InChI=1S/C18H10Cl2N6O3/c1-8-11-6-10(2-3-14(11)24-23-8)29-16-12(19)4-9(5-13(16)20)26-18(28)22-17(27)15(7-21)25-26/h2-6H,1H3,(H,23,24)(H,22,27,28). The van der Waals surface area contributed by atoms with Gasteiger partial charge in [-0.3, -0.25) is 14.9 Å². The molecule has 29 heavy (non-hydrogen) atoms. The number of ether oxygens (including phenoxy) is 1. The molecule has 0 bridgehead atoms. The average molecular weight is 429 g/mol. The number of rotatable bonds is 3. The van der Waals surface area contributed by atoms with Gasteiger partial charge in [0.2, 0.25) is 5.69 Å². The highest BCUT2D eigenvalue weighted by Gasteiger charge is 2.15. The maximum atomic E-state index is 12.0.